The lowest BCUT2D eigenvalue weighted by Crippen LogP contribution is -2.22. The molecule has 0 unspecified atom stereocenters. The fraction of sp³-hybridized carbons (Fsp3) is 0.222. The van der Waals surface area contributed by atoms with Crippen LogP contribution in [0.5, 0.6) is 0 Å². The number of carbonyl (C=O) groups is 1. The molecule has 0 bridgehead atoms. The molecule has 0 fully saturated rings. The summed E-state index contributed by atoms with van der Waals surface area (Å²) in [6, 6.07) is 11.7. The molecule has 0 saturated carbocycles. The number of pyridine rings is 1. The van der Waals surface area contributed by atoms with Crippen molar-refractivity contribution in [3.8, 4) is 0 Å². The van der Waals surface area contributed by atoms with Crippen LogP contribution in [0.25, 0.3) is 10.9 Å². The van der Waals surface area contributed by atoms with Crippen LogP contribution in [-0.2, 0) is 17.8 Å². The molecule has 5 heteroatoms. The number of aromatic nitrogens is 2. The van der Waals surface area contributed by atoms with E-state index in [9.17, 15) is 4.79 Å². The van der Waals surface area contributed by atoms with Crippen molar-refractivity contribution in [1.29, 1.82) is 0 Å². The van der Waals surface area contributed by atoms with Crippen LogP contribution in [-0.4, -0.2) is 29.2 Å². The molecule has 1 N–H and O–H groups in total. The molecule has 0 saturated heterocycles. The van der Waals surface area contributed by atoms with Crippen LogP contribution >= 0.6 is 0 Å². The van der Waals surface area contributed by atoms with Crippen molar-refractivity contribution in [2.24, 2.45) is 0 Å². The topological polar surface area (TPSA) is 56.1 Å². The molecule has 1 aromatic carbocycles. The molecule has 0 atom stereocenters. The number of rotatable bonds is 6. The summed E-state index contributed by atoms with van der Waals surface area (Å²) in [4.78, 5) is 16.6. The Balaban J connectivity index is 1.82. The zero-order valence-electron chi connectivity index (χ0n) is 13.0. The molecule has 0 aliphatic rings. The lowest BCUT2D eigenvalue weighted by Gasteiger charge is -2.04. The Morgan fingerprint density at radius 3 is 2.91 bits per heavy atom. The lowest BCUT2D eigenvalue weighted by atomic mass is 10.1. The molecule has 2 aromatic heterocycles. The van der Waals surface area contributed by atoms with Gasteiger partial charge in [0.05, 0.1) is 12.2 Å². The Morgan fingerprint density at radius 2 is 2.13 bits per heavy atom. The molecular weight excluding hydrogens is 290 g/mol. The van der Waals surface area contributed by atoms with Gasteiger partial charge >= 0.3 is 0 Å². The van der Waals surface area contributed by atoms with Crippen LogP contribution in [0.3, 0.4) is 0 Å². The second kappa shape index (κ2) is 7.07. The number of benzene rings is 1. The number of carbonyl (C=O) groups excluding carboxylic acids is 1. The quantitative estimate of drug-likeness (QED) is 0.761. The third kappa shape index (κ3) is 3.40. The first-order valence-corrected chi connectivity index (χ1v) is 7.53. The van der Waals surface area contributed by atoms with E-state index in [4.69, 9.17) is 4.74 Å². The molecule has 0 aliphatic carbocycles. The minimum atomic E-state index is -0.0822. The number of nitrogens with zero attached hydrogens (tertiary/aromatic N) is 2. The van der Waals surface area contributed by atoms with Crippen molar-refractivity contribution in [2.75, 3.05) is 13.7 Å². The minimum absolute atomic E-state index is 0.0822. The van der Waals surface area contributed by atoms with Crippen LogP contribution in [0, 0.1) is 0 Å². The first-order chi connectivity index (χ1) is 11.3. The molecule has 0 spiro atoms. The zero-order chi connectivity index (χ0) is 16.1. The van der Waals surface area contributed by atoms with Gasteiger partial charge in [-0.25, -0.2) is 0 Å². The molecular formula is C18H19N3O2. The second-order valence-electron chi connectivity index (χ2n) is 5.29. The summed E-state index contributed by atoms with van der Waals surface area (Å²) in [5.41, 5.74) is 2.70. The van der Waals surface area contributed by atoms with E-state index in [1.54, 1.807) is 19.5 Å². The summed E-state index contributed by atoms with van der Waals surface area (Å²) in [7, 11) is 1.67. The van der Waals surface area contributed by atoms with Gasteiger partial charge in [0.1, 0.15) is 0 Å². The van der Waals surface area contributed by atoms with Gasteiger partial charge in [0.15, 0.2) is 0 Å². The maximum absolute atomic E-state index is 12.5. The van der Waals surface area contributed by atoms with Crippen molar-refractivity contribution < 1.29 is 9.53 Å². The van der Waals surface area contributed by atoms with E-state index >= 15 is 0 Å². The van der Waals surface area contributed by atoms with Crippen LogP contribution < -0.4 is 5.32 Å². The third-order valence-corrected chi connectivity index (χ3v) is 3.75. The standard InChI is InChI=1S/C18H19N3O2/c1-23-10-9-21-13-16(15-6-2-3-7-17(15)21)18(22)20-12-14-5-4-8-19-11-14/h2-8,11,13H,9-10,12H2,1H3,(H,20,22). The summed E-state index contributed by atoms with van der Waals surface area (Å²) in [5, 5.41) is 3.90. The molecule has 23 heavy (non-hydrogen) atoms. The summed E-state index contributed by atoms with van der Waals surface area (Å²) < 4.78 is 7.19. The van der Waals surface area contributed by atoms with Gasteiger partial charge in [-0.2, -0.15) is 0 Å². The molecule has 0 aliphatic heterocycles. The molecule has 2 heterocycles. The third-order valence-electron chi connectivity index (χ3n) is 3.75. The van der Waals surface area contributed by atoms with Crippen molar-refractivity contribution >= 4 is 16.8 Å². The van der Waals surface area contributed by atoms with Gasteiger partial charge in [-0.1, -0.05) is 24.3 Å². The first kappa shape index (κ1) is 15.2. The highest BCUT2D eigenvalue weighted by atomic mass is 16.5. The highest BCUT2D eigenvalue weighted by Crippen LogP contribution is 2.21. The molecule has 3 rings (SSSR count). The van der Waals surface area contributed by atoms with Crippen molar-refractivity contribution in [1.82, 2.24) is 14.9 Å². The second-order valence-corrected chi connectivity index (χ2v) is 5.29. The Hall–Kier alpha value is -2.66. The molecule has 5 nitrogen and oxygen atoms in total. The van der Waals surface area contributed by atoms with Crippen LogP contribution in [0.1, 0.15) is 15.9 Å². The van der Waals surface area contributed by atoms with Crippen molar-refractivity contribution in [2.45, 2.75) is 13.1 Å². The number of fused-ring (bicyclic) bond motifs is 1. The summed E-state index contributed by atoms with van der Waals surface area (Å²) in [6.45, 7) is 1.78. The number of ether oxygens (including phenoxy) is 1. The lowest BCUT2D eigenvalue weighted by molar-refractivity contribution is 0.0952. The normalized spacial score (nSPS) is 10.8. The van der Waals surface area contributed by atoms with Gasteiger partial charge in [-0.05, 0) is 17.7 Å². The Kier molecular flexibility index (Phi) is 4.68. The number of para-hydroxylation sites is 1. The van der Waals surface area contributed by atoms with Gasteiger partial charge in [0.2, 0.25) is 0 Å². The van der Waals surface area contributed by atoms with Gasteiger partial charge in [-0.15, -0.1) is 0 Å². The van der Waals surface area contributed by atoms with E-state index in [1.165, 1.54) is 0 Å². The van der Waals surface area contributed by atoms with Crippen LogP contribution in [0.4, 0.5) is 0 Å². The SMILES string of the molecule is COCCn1cc(C(=O)NCc2cccnc2)c2ccccc21. The number of methoxy groups -OCH3 is 1. The predicted molar refractivity (Wildman–Crippen MR) is 89.2 cm³/mol. The predicted octanol–water partition coefficient (Wildman–Crippen LogP) is 2.61. The largest absolute Gasteiger partial charge is 0.383 e. The van der Waals surface area contributed by atoms with E-state index in [0.717, 1.165) is 16.5 Å². The van der Waals surface area contributed by atoms with Crippen molar-refractivity contribution in [3.05, 3.63) is 66.1 Å². The molecule has 1 amide bonds. The average Bonchev–Trinajstić information content (AvgIpc) is 2.98. The monoisotopic (exact) mass is 309 g/mol. The summed E-state index contributed by atoms with van der Waals surface area (Å²) in [6.07, 6.45) is 5.36. The Labute approximate surface area is 134 Å². The number of nitrogens with one attached hydrogen (secondary N) is 1. The number of hydrogen-bond acceptors (Lipinski definition) is 3. The van der Waals surface area contributed by atoms with Crippen LogP contribution in [0.2, 0.25) is 0 Å². The number of hydrogen-bond donors (Lipinski definition) is 1. The first-order valence-electron chi connectivity index (χ1n) is 7.53. The van der Waals surface area contributed by atoms with E-state index in [-0.39, 0.29) is 5.91 Å². The minimum Gasteiger partial charge on any atom is -0.383 e. The van der Waals surface area contributed by atoms with E-state index in [2.05, 4.69) is 14.9 Å². The molecule has 3 aromatic rings. The highest BCUT2D eigenvalue weighted by Gasteiger charge is 2.14. The van der Waals surface area contributed by atoms with Crippen LogP contribution in [0.15, 0.2) is 55.0 Å². The fourth-order valence-corrected chi connectivity index (χ4v) is 2.58. The Morgan fingerprint density at radius 1 is 1.26 bits per heavy atom. The van der Waals surface area contributed by atoms with E-state index < -0.39 is 0 Å². The average molecular weight is 309 g/mol. The van der Waals surface area contributed by atoms with Gasteiger partial charge in [-0.3, -0.25) is 9.78 Å². The maximum atomic E-state index is 12.5. The van der Waals surface area contributed by atoms with Gasteiger partial charge in [0, 0.05) is 49.7 Å². The van der Waals surface area contributed by atoms with Gasteiger partial charge in [0.25, 0.3) is 5.91 Å². The fourth-order valence-electron chi connectivity index (χ4n) is 2.58. The van der Waals surface area contributed by atoms with E-state index in [1.807, 2.05) is 42.6 Å². The maximum Gasteiger partial charge on any atom is 0.253 e. The molecule has 118 valence electrons. The Bertz CT molecular complexity index is 796. The highest BCUT2D eigenvalue weighted by molar-refractivity contribution is 6.06. The summed E-state index contributed by atoms with van der Waals surface area (Å²) >= 11 is 0. The smallest absolute Gasteiger partial charge is 0.253 e. The van der Waals surface area contributed by atoms with Gasteiger partial charge < -0.3 is 14.6 Å². The number of amides is 1. The van der Waals surface area contributed by atoms with E-state index in [0.29, 0.717) is 25.3 Å². The molecule has 0 radical (unpaired) electrons. The zero-order valence-corrected chi connectivity index (χ0v) is 13.0. The van der Waals surface area contributed by atoms with Crippen molar-refractivity contribution in [3.63, 3.8) is 0 Å². The summed E-state index contributed by atoms with van der Waals surface area (Å²) in [5.74, 6) is -0.0822.